The Labute approximate surface area is 182 Å². The van der Waals surface area contributed by atoms with Gasteiger partial charge in [0, 0.05) is 30.2 Å². The van der Waals surface area contributed by atoms with Gasteiger partial charge in [-0.05, 0) is 70.7 Å². The van der Waals surface area contributed by atoms with E-state index in [-0.39, 0.29) is 17.5 Å². The number of carbonyl (C=O) groups is 2. The molecule has 1 aliphatic heterocycles. The Bertz CT molecular complexity index is 812. The van der Waals surface area contributed by atoms with Gasteiger partial charge in [0.15, 0.2) is 0 Å². The van der Waals surface area contributed by atoms with Crippen molar-refractivity contribution >= 4 is 11.8 Å². The second kappa shape index (κ2) is 9.18. The van der Waals surface area contributed by atoms with Crippen molar-refractivity contribution in [3.63, 3.8) is 0 Å². The molecule has 0 spiro atoms. The molecule has 3 rings (SSSR count). The zero-order chi connectivity index (χ0) is 22.9. The van der Waals surface area contributed by atoms with Crippen LogP contribution in [-0.2, 0) is 11.0 Å². The van der Waals surface area contributed by atoms with Gasteiger partial charge in [0.05, 0.1) is 5.56 Å². The highest BCUT2D eigenvalue weighted by Crippen LogP contribution is 2.34. The van der Waals surface area contributed by atoms with Gasteiger partial charge in [-0.2, -0.15) is 13.2 Å². The SMILES string of the molecule is CC(C)N(C)C1CCC(N2CCC(NC(=O)c3cccc(C(F)(F)F)c3)C2=O)[C@H](C)C1. The van der Waals surface area contributed by atoms with Crippen LogP contribution in [0.25, 0.3) is 0 Å². The summed E-state index contributed by atoms with van der Waals surface area (Å²) < 4.78 is 38.8. The van der Waals surface area contributed by atoms with E-state index in [0.29, 0.717) is 31.0 Å². The van der Waals surface area contributed by atoms with Crippen molar-refractivity contribution in [2.45, 2.75) is 76.8 Å². The van der Waals surface area contributed by atoms with Crippen LogP contribution in [0.1, 0.15) is 62.4 Å². The number of nitrogens with zero attached hydrogens (tertiary/aromatic N) is 2. The van der Waals surface area contributed by atoms with Gasteiger partial charge in [-0.3, -0.25) is 9.59 Å². The van der Waals surface area contributed by atoms with E-state index in [9.17, 15) is 22.8 Å². The summed E-state index contributed by atoms with van der Waals surface area (Å²) in [7, 11) is 2.14. The van der Waals surface area contributed by atoms with Crippen molar-refractivity contribution in [3.8, 4) is 0 Å². The lowest BCUT2D eigenvalue weighted by molar-refractivity contribution is -0.137. The zero-order valence-electron chi connectivity index (χ0n) is 18.6. The van der Waals surface area contributed by atoms with Crippen molar-refractivity contribution in [1.29, 1.82) is 0 Å². The van der Waals surface area contributed by atoms with Gasteiger partial charge in [0.1, 0.15) is 6.04 Å². The molecule has 1 N–H and O–H groups in total. The summed E-state index contributed by atoms with van der Waals surface area (Å²) in [6, 6.07) is 4.70. The molecule has 0 bridgehead atoms. The number of carbonyl (C=O) groups excluding carboxylic acids is 2. The van der Waals surface area contributed by atoms with E-state index in [1.807, 2.05) is 4.90 Å². The molecule has 3 unspecified atom stereocenters. The lowest BCUT2D eigenvalue weighted by Gasteiger charge is -2.43. The summed E-state index contributed by atoms with van der Waals surface area (Å²) >= 11 is 0. The Balaban J connectivity index is 1.61. The summed E-state index contributed by atoms with van der Waals surface area (Å²) in [5, 5.41) is 2.64. The van der Waals surface area contributed by atoms with Crippen LogP contribution < -0.4 is 5.32 Å². The number of nitrogens with one attached hydrogen (secondary N) is 1. The normalized spacial score (nSPS) is 27.3. The second-order valence-corrected chi connectivity index (χ2v) is 9.20. The van der Waals surface area contributed by atoms with Gasteiger partial charge in [-0.25, -0.2) is 0 Å². The molecule has 1 aliphatic carbocycles. The van der Waals surface area contributed by atoms with E-state index in [2.05, 4.69) is 38.0 Å². The van der Waals surface area contributed by atoms with Crippen LogP contribution in [0, 0.1) is 5.92 Å². The number of rotatable bonds is 5. The zero-order valence-corrected chi connectivity index (χ0v) is 18.6. The van der Waals surface area contributed by atoms with Crippen LogP contribution in [0.15, 0.2) is 24.3 Å². The Hall–Kier alpha value is -2.09. The summed E-state index contributed by atoms with van der Waals surface area (Å²) in [5.41, 5.74) is -0.969. The molecule has 172 valence electrons. The van der Waals surface area contributed by atoms with Crippen LogP contribution in [0.3, 0.4) is 0 Å². The fourth-order valence-electron chi connectivity index (χ4n) is 4.85. The molecule has 0 aromatic heterocycles. The van der Waals surface area contributed by atoms with Crippen LogP contribution in [-0.4, -0.2) is 59.4 Å². The minimum absolute atomic E-state index is 0.0910. The fraction of sp³-hybridized carbons (Fsp3) is 0.652. The van der Waals surface area contributed by atoms with E-state index in [1.54, 1.807) is 0 Å². The van der Waals surface area contributed by atoms with Crippen molar-refractivity contribution in [2.75, 3.05) is 13.6 Å². The van der Waals surface area contributed by atoms with Crippen LogP contribution in [0.2, 0.25) is 0 Å². The minimum Gasteiger partial charge on any atom is -0.340 e. The third kappa shape index (κ3) is 5.22. The summed E-state index contributed by atoms with van der Waals surface area (Å²) in [6.45, 7) is 7.09. The molecule has 0 radical (unpaired) electrons. The molecule has 8 heteroatoms. The van der Waals surface area contributed by atoms with Crippen molar-refractivity contribution in [2.24, 2.45) is 5.92 Å². The van der Waals surface area contributed by atoms with Crippen molar-refractivity contribution < 1.29 is 22.8 Å². The van der Waals surface area contributed by atoms with Gasteiger partial charge >= 0.3 is 6.18 Å². The number of alkyl halides is 3. The van der Waals surface area contributed by atoms with Crippen molar-refractivity contribution in [3.05, 3.63) is 35.4 Å². The monoisotopic (exact) mass is 439 g/mol. The van der Waals surface area contributed by atoms with E-state index >= 15 is 0 Å². The molecule has 2 aliphatic rings. The topological polar surface area (TPSA) is 52.6 Å². The minimum atomic E-state index is -4.52. The van der Waals surface area contributed by atoms with Gasteiger partial charge in [-0.1, -0.05) is 13.0 Å². The summed E-state index contributed by atoms with van der Waals surface area (Å²) in [6.07, 6.45) is -1.08. The third-order valence-corrected chi connectivity index (χ3v) is 6.88. The highest BCUT2D eigenvalue weighted by molar-refractivity contribution is 5.98. The first-order valence-corrected chi connectivity index (χ1v) is 11.0. The lowest BCUT2D eigenvalue weighted by Crippen LogP contribution is -2.51. The van der Waals surface area contributed by atoms with Crippen molar-refractivity contribution in [1.82, 2.24) is 15.1 Å². The predicted molar refractivity (Wildman–Crippen MR) is 113 cm³/mol. The first-order chi connectivity index (χ1) is 14.5. The van der Waals surface area contributed by atoms with Gasteiger partial charge < -0.3 is 15.1 Å². The average Bonchev–Trinajstić information content (AvgIpc) is 3.06. The summed E-state index contributed by atoms with van der Waals surface area (Å²) in [4.78, 5) is 29.7. The maximum atomic E-state index is 13.0. The molecule has 2 amide bonds. The molecule has 31 heavy (non-hydrogen) atoms. The number of halogens is 3. The van der Waals surface area contributed by atoms with E-state index in [1.165, 1.54) is 12.1 Å². The highest BCUT2D eigenvalue weighted by atomic mass is 19.4. The van der Waals surface area contributed by atoms with Gasteiger partial charge in [0.2, 0.25) is 5.91 Å². The van der Waals surface area contributed by atoms with E-state index < -0.39 is 23.7 Å². The quantitative estimate of drug-likeness (QED) is 0.756. The molecule has 1 heterocycles. The molecular weight excluding hydrogens is 407 g/mol. The van der Waals surface area contributed by atoms with Crippen LogP contribution in [0.5, 0.6) is 0 Å². The smallest absolute Gasteiger partial charge is 0.340 e. The van der Waals surface area contributed by atoms with E-state index in [0.717, 1.165) is 31.4 Å². The largest absolute Gasteiger partial charge is 0.416 e. The highest BCUT2D eigenvalue weighted by Gasteiger charge is 2.41. The lowest BCUT2D eigenvalue weighted by atomic mass is 9.81. The summed E-state index contributed by atoms with van der Waals surface area (Å²) in [5.74, 6) is -0.434. The predicted octanol–water partition coefficient (Wildman–Crippen LogP) is 3.93. The molecular formula is C23H32F3N3O2. The molecule has 1 aromatic carbocycles. The first kappa shape index (κ1) is 23.6. The van der Waals surface area contributed by atoms with Crippen LogP contribution in [0.4, 0.5) is 13.2 Å². The third-order valence-electron chi connectivity index (χ3n) is 6.88. The van der Waals surface area contributed by atoms with Crippen LogP contribution >= 0.6 is 0 Å². The standard InChI is InChI=1S/C23H32F3N3O2/c1-14(2)28(4)18-8-9-20(15(3)12-18)29-11-10-19(22(29)31)27-21(30)16-6-5-7-17(13-16)23(24,25)26/h5-7,13-15,18-20H,8-12H2,1-4H3,(H,27,30)/t15-,18?,19?,20?/m1/s1. The first-order valence-electron chi connectivity index (χ1n) is 11.0. The fourth-order valence-corrected chi connectivity index (χ4v) is 4.85. The second-order valence-electron chi connectivity index (χ2n) is 9.20. The Morgan fingerprint density at radius 3 is 2.55 bits per heavy atom. The maximum absolute atomic E-state index is 13.0. The number of likely N-dealkylation sites (tertiary alicyclic amines) is 1. The number of benzene rings is 1. The average molecular weight is 440 g/mol. The molecule has 1 aromatic rings. The van der Waals surface area contributed by atoms with Gasteiger partial charge in [-0.15, -0.1) is 0 Å². The van der Waals surface area contributed by atoms with E-state index in [4.69, 9.17) is 0 Å². The molecule has 4 atom stereocenters. The Morgan fingerprint density at radius 2 is 1.94 bits per heavy atom. The molecule has 5 nitrogen and oxygen atoms in total. The maximum Gasteiger partial charge on any atom is 0.416 e. The Kier molecular flexibility index (Phi) is 6.98. The molecule has 1 saturated carbocycles. The molecule has 2 fully saturated rings. The number of hydrogen-bond acceptors (Lipinski definition) is 3. The molecule has 1 saturated heterocycles. The number of hydrogen-bond donors (Lipinski definition) is 1. The number of amides is 2. The van der Waals surface area contributed by atoms with Gasteiger partial charge in [0.25, 0.3) is 5.91 Å². The Morgan fingerprint density at radius 1 is 1.23 bits per heavy atom.